The highest BCUT2D eigenvalue weighted by molar-refractivity contribution is 5.92. The number of nitrogens with one attached hydrogen (secondary N) is 1. The highest BCUT2D eigenvalue weighted by atomic mass is 16.5. The molecule has 0 aliphatic carbocycles. The largest absolute Gasteiger partial charge is 0.359 e. The minimum Gasteiger partial charge on any atom is -0.359 e. The fourth-order valence-corrected chi connectivity index (χ4v) is 1.83. The molecule has 94 valence electrons. The lowest BCUT2D eigenvalue weighted by atomic mass is 10.3. The molecule has 1 saturated heterocycles. The van der Waals surface area contributed by atoms with Gasteiger partial charge in [-0.15, -0.1) is 0 Å². The van der Waals surface area contributed by atoms with Gasteiger partial charge in [0.05, 0.1) is 6.54 Å². The van der Waals surface area contributed by atoms with Crippen LogP contribution in [0.5, 0.6) is 0 Å². The van der Waals surface area contributed by atoms with Crippen molar-refractivity contribution in [3.05, 3.63) is 17.5 Å². The van der Waals surface area contributed by atoms with Crippen LogP contribution in [0, 0.1) is 0 Å². The monoisotopic (exact) mass is 238 g/mol. The Morgan fingerprint density at radius 2 is 2.24 bits per heavy atom. The third-order valence-electron chi connectivity index (χ3n) is 2.65. The fraction of sp³-hybridized carbons (Fsp3) is 0.636. The molecule has 2 rings (SSSR count). The van der Waals surface area contributed by atoms with Crippen molar-refractivity contribution >= 4 is 5.91 Å². The van der Waals surface area contributed by atoms with E-state index in [4.69, 9.17) is 4.52 Å². The van der Waals surface area contributed by atoms with Crippen molar-refractivity contribution in [1.82, 2.24) is 20.3 Å². The number of hydrogen-bond acceptors (Lipinski definition) is 5. The van der Waals surface area contributed by atoms with Gasteiger partial charge >= 0.3 is 0 Å². The number of rotatable bonds is 3. The van der Waals surface area contributed by atoms with Crippen LogP contribution in [0.2, 0.25) is 0 Å². The summed E-state index contributed by atoms with van der Waals surface area (Å²) in [5, 5.41) is 7.04. The second-order valence-electron chi connectivity index (χ2n) is 4.46. The van der Waals surface area contributed by atoms with Crippen molar-refractivity contribution in [1.29, 1.82) is 0 Å². The molecule has 1 amide bonds. The van der Waals surface area contributed by atoms with Crippen LogP contribution in [-0.4, -0.2) is 61.1 Å². The quantitative estimate of drug-likeness (QED) is 0.789. The molecule has 6 heteroatoms. The van der Waals surface area contributed by atoms with Crippen LogP contribution in [0.1, 0.15) is 16.2 Å². The summed E-state index contributed by atoms with van der Waals surface area (Å²) in [4.78, 5) is 15.8. The molecule has 0 aromatic carbocycles. The molecule has 1 N–H and O–H groups in total. The zero-order valence-corrected chi connectivity index (χ0v) is 10.3. The molecule has 17 heavy (non-hydrogen) atoms. The van der Waals surface area contributed by atoms with Gasteiger partial charge in [0.1, 0.15) is 0 Å². The molecule has 0 unspecified atom stereocenters. The third kappa shape index (κ3) is 3.04. The Labute approximate surface area is 101 Å². The molecular weight excluding hydrogens is 220 g/mol. The summed E-state index contributed by atoms with van der Waals surface area (Å²) < 4.78 is 5.13. The van der Waals surface area contributed by atoms with E-state index in [9.17, 15) is 4.79 Å². The van der Waals surface area contributed by atoms with E-state index in [1.165, 1.54) is 0 Å². The van der Waals surface area contributed by atoms with Crippen LogP contribution in [-0.2, 0) is 6.54 Å². The predicted octanol–water partition coefficient (Wildman–Crippen LogP) is -0.218. The number of amides is 1. The highest BCUT2D eigenvalue weighted by Gasteiger charge is 2.21. The summed E-state index contributed by atoms with van der Waals surface area (Å²) in [7, 11) is 3.89. The van der Waals surface area contributed by atoms with Gasteiger partial charge in [-0.2, -0.15) is 0 Å². The average molecular weight is 238 g/mol. The zero-order chi connectivity index (χ0) is 12.3. The summed E-state index contributed by atoms with van der Waals surface area (Å²) >= 11 is 0. The second kappa shape index (κ2) is 5.29. The van der Waals surface area contributed by atoms with Crippen molar-refractivity contribution < 1.29 is 9.32 Å². The number of aromatic nitrogens is 1. The molecule has 1 fully saturated rings. The lowest BCUT2D eigenvalue weighted by Crippen LogP contribution is -2.46. The third-order valence-corrected chi connectivity index (χ3v) is 2.65. The Morgan fingerprint density at radius 1 is 1.53 bits per heavy atom. The maximum absolute atomic E-state index is 12.1. The van der Waals surface area contributed by atoms with Crippen molar-refractivity contribution in [2.24, 2.45) is 0 Å². The summed E-state index contributed by atoms with van der Waals surface area (Å²) in [5.41, 5.74) is 0.406. The second-order valence-corrected chi connectivity index (χ2v) is 4.46. The van der Waals surface area contributed by atoms with Crippen LogP contribution in [0.4, 0.5) is 0 Å². The van der Waals surface area contributed by atoms with Crippen LogP contribution in [0.15, 0.2) is 10.6 Å². The molecule has 6 nitrogen and oxygen atoms in total. The summed E-state index contributed by atoms with van der Waals surface area (Å²) in [6.45, 7) is 3.80. The van der Waals surface area contributed by atoms with Gasteiger partial charge in [0.15, 0.2) is 11.5 Å². The SMILES string of the molecule is CN(C)Cc1cc(C(=O)N2CCNCC2)no1. The lowest BCUT2D eigenvalue weighted by molar-refractivity contribution is 0.0725. The van der Waals surface area contributed by atoms with Crippen LogP contribution in [0.3, 0.4) is 0 Å². The summed E-state index contributed by atoms with van der Waals surface area (Å²) in [6, 6.07) is 1.73. The lowest BCUT2D eigenvalue weighted by Gasteiger charge is -2.26. The Hall–Kier alpha value is -1.40. The van der Waals surface area contributed by atoms with Gasteiger partial charge in [-0.1, -0.05) is 5.16 Å². The van der Waals surface area contributed by atoms with E-state index in [1.807, 2.05) is 19.0 Å². The van der Waals surface area contributed by atoms with Crippen LogP contribution >= 0.6 is 0 Å². The van der Waals surface area contributed by atoms with Gasteiger partial charge in [0.25, 0.3) is 5.91 Å². The highest BCUT2D eigenvalue weighted by Crippen LogP contribution is 2.09. The van der Waals surface area contributed by atoms with Crippen molar-refractivity contribution in [2.45, 2.75) is 6.54 Å². The Morgan fingerprint density at radius 3 is 2.88 bits per heavy atom. The maximum atomic E-state index is 12.1. The van der Waals surface area contributed by atoms with Crippen molar-refractivity contribution in [3.8, 4) is 0 Å². The topological polar surface area (TPSA) is 61.6 Å². The number of piperazine rings is 1. The van der Waals surface area contributed by atoms with Crippen LogP contribution in [0.25, 0.3) is 0 Å². The summed E-state index contributed by atoms with van der Waals surface area (Å²) in [5.74, 6) is 0.675. The Bertz CT molecular complexity index is 383. The van der Waals surface area contributed by atoms with E-state index in [0.717, 1.165) is 26.2 Å². The number of carbonyl (C=O) groups is 1. The molecular formula is C11H18N4O2. The normalized spacial score (nSPS) is 16.5. The first-order valence-corrected chi connectivity index (χ1v) is 5.77. The number of nitrogens with zero attached hydrogens (tertiary/aromatic N) is 3. The van der Waals surface area contributed by atoms with Crippen molar-refractivity contribution in [3.63, 3.8) is 0 Å². The van der Waals surface area contributed by atoms with E-state index < -0.39 is 0 Å². The molecule has 0 atom stereocenters. The summed E-state index contributed by atoms with van der Waals surface area (Å²) in [6.07, 6.45) is 0. The van der Waals surface area contributed by atoms with Crippen LogP contribution < -0.4 is 5.32 Å². The van der Waals surface area contributed by atoms with Gasteiger partial charge in [-0.25, -0.2) is 0 Å². The molecule has 2 heterocycles. The van der Waals surface area contributed by atoms with Gasteiger partial charge in [-0.05, 0) is 14.1 Å². The minimum atomic E-state index is -0.0414. The molecule has 0 spiro atoms. The molecule has 0 saturated carbocycles. The fourth-order valence-electron chi connectivity index (χ4n) is 1.83. The first-order chi connectivity index (χ1) is 8.16. The van der Waals surface area contributed by atoms with Crippen molar-refractivity contribution in [2.75, 3.05) is 40.3 Å². The Kier molecular flexibility index (Phi) is 3.75. The van der Waals surface area contributed by atoms with Gasteiger partial charge in [-0.3, -0.25) is 4.79 Å². The average Bonchev–Trinajstić information content (AvgIpc) is 2.77. The standard InChI is InChI=1S/C11H18N4O2/c1-14(2)8-9-7-10(13-17-9)11(16)15-5-3-12-4-6-15/h7,12H,3-6,8H2,1-2H3. The first-order valence-electron chi connectivity index (χ1n) is 5.77. The van der Waals surface area contributed by atoms with Gasteiger partial charge in [0.2, 0.25) is 0 Å². The number of carbonyl (C=O) groups excluding carboxylic acids is 1. The molecule has 0 bridgehead atoms. The minimum absolute atomic E-state index is 0.0414. The zero-order valence-electron chi connectivity index (χ0n) is 10.3. The predicted molar refractivity (Wildman–Crippen MR) is 62.7 cm³/mol. The smallest absolute Gasteiger partial charge is 0.276 e. The van der Waals surface area contributed by atoms with E-state index >= 15 is 0 Å². The van der Waals surface area contributed by atoms with E-state index in [1.54, 1.807) is 11.0 Å². The maximum Gasteiger partial charge on any atom is 0.276 e. The Balaban J connectivity index is 2.01. The molecule has 1 aromatic heterocycles. The van der Waals surface area contributed by atoms with E-state index in [0.29, 0.717) is 18.0 Å². The first kappa shape index (κ1) is 12.1. The van der Waals surface area contributed by atoms with E-state index in [2.05, 4.69) is 10.5 Å². The molecule has 1 aliphatic rings. The number of hydrogen-bond donors (Lipinski definition) is 1. The molecule has 1 aromatic rings. The van der Waals surface area contributed by atoms with Gasteiger partial charge in [0, 0.05) is 32.2 Å². The van der Waals surface area contributed by atoms with E-state index in [-0.39, 0.29) is 5.91 Å². The molecule has 0 radical (unpaired) electrons. The van der Waals surface area contributed by atoms with Gasteiger partial charge < -0.3 is 19.6 Å². The molecule has 1 aliphatic heterocycles.